The molecule has 4 heteroatoms. The van der Waals surface area contributed by atoms with Crippen molar-refractivity contribution in [2.24, 2.45) is 0 Å². The van der Waals surface area contributed by atoms with Crippen molar-refractivity contribution in [1.29, 1.82) is 0 Å². The smallest absolute Gasteiger partial charge is 0.0682 e. The lowest BCUT2D eigenvalue weighted by atomic mass is 10.1. The zero-order valence-electron chi connectivity index (χ0n) is 12.1. The predicted molar refractivity (Wildman–Crippen MR) is 94.9 cm³/mol. The second kappa shape index (κ2) is 6.24. The summed E-state index contributed by atoms with van der Waals surface area (Å²) in [6.45, 7) is 3.58. The quantitative estimate of drug-likeness (QED) is 0.687. The van der Waals surface area contributed by atoms with Gasteiger partial charge in [0.15, 0.2) is 0 Å². The number of ether oxygens (including phenoxy) is 1. The maximum Gasteiger partial charge on any atom is 0.0682 e. The van der Waals surface area contributed by atoms with E-state index in [1.807, 2.05) is 6.07 Å². The monoisotopic (exact) mass is 326 g/mol. The van der Waals surface area contributed by atoms with Crippen LogP contribution in [0.25, 0.3) is 20.9 Å². The zero-order chi connectivity index (χ0) is 14.8. The maximum absolute atomic E-state index is 5.46. The zero-order valence-corrected chi connectivity index (χ0v) is 13.8. The number of hydrogen-bond donors (Lipinski definition) is 0. The maximum atomic E-state index is 5.46. The number of benzene rings is 1. The summed E-state index contributed by atoms with van der Waals surface area (Å²) in [6.07, 6.45) is 0. The summed E-state index contributed by atoms with van der Waals surface area (Å²) in [6, 6.07) is 16.3. The molecule has 1 aromatic carbocycles. The summed E-state index contributed by atoms with van der Waals surface area (Å²) in [5.74, 6) is 0. The van der Waals surface area contributed by atoms with Crippen molar-refractivity contribution in [3.63, 3.8) is 0 Å². The van der Waals surface area contributed by atoms with Gasteiger partial charge in [0.05, 0.1) is 28.7 Å². The third-order valence-electron chi connectivity index (χ3n) is 3.83. The van der Waals surface area contributed by atoms with E-state index >= 15 is 0 Å². The molecule has 0 saturated carbocycles. The molecule has 111 valence electrons. The first-order valence-electron chi connectivity index (χ1n) is 7.38. The van der Waals surface area contributed by atoms with Crippen molar-refractivity contribution in [3.8, 4) is 20.9 Å². The second-order valence-electron chi connectivity index (χ2n) is 5.20. The summed E-state index contributed by atoms with van der Waals surface area (Å²) in [4.78, 5) is 4.98. The van der Waals surface area contributed by atoms with Crippen LogP contribution in [0.4, 0.5) is 5.69 Å². The Morgan fingerprint density at radius 1 is 1.00 bits per heavy atom. The number of nitrogens with zero attached hydrogens (tertiary/aromatic N) is 1. The van der Waals surface area contributed by atoms with E-state index in [9.17, 15) is 0 Å². The number of hydrogen-bond acceptors (Lipinski definition) is 4. The molecular formula is C18H16NOS2. The average Bonchev–Trinajstić information content (AvgIpc) is 3.25. The van der Waals surface area contributed by atoms with Gasteiger partial charge < -0.3 is 9.64 Å². The van der Waals surface area contributed by atoms with Crippen molar-refractivity contribution in [2.75, 3.05) is 31.2 Å². The molecule has 1 aliphatic rings. The average molecular weight is 326 g/mol. The van der Waals surface area contributed by atoms with E-state index in [4.69, 9.17) is 4.74 Å². The molecule has 0 atom stereocenters. The van der Waals surface area contributed by atoms with Gasteiger partial charge in [-0.3, -0.25) is 0 Å². The minimum Gasteiger partial charge on any atom is -0.378 e. The molecule has 0 spiro atoms. The van der Waals surface area contributed by atoms with E-state index in [2.05, 4.69) is 52.1 Å². The van der Waals surface area contributed by atoms with Crippen LogP contribution in [0.5, 0.6) is 0 Å². The van der Waals surface area contributed by atoms with Crippen LogP contribution >= 0.6 is 22.7 Å². The number of morpholine rings is 1. The van der Waals surface area contributed by atoms with Gasteiger partial charge in [-0.1, -0.05) is 30.3 Å². The fourth-order valence-corrected chi connectivity index (χ4v) is 4.60. The predicted octanol–water partition coefficient (Wildman–Crippen LogP) is 4.78. The molecule has 3 heterocycles. The molecule has 1 aliphatic heterocycles. The van der Waals surface area contributed by atoms with Crippen molar-refractivity contribution in [3.05, 3.63) is 53.2 Å². The topological polar surface area (TPSA) is 12.5 Å². The van der Waals surface area contributed by atoms with Gasteiger partial charge >= 0.3 is 0 Å². The minimum absolute atomic E-state index is 0.818. The molecular weight excluding hydrogens is 310 g/mol. The van der Waals surface area contributed by atoms with Crippen LogP contribution in [0, 0.1) is 6.07 Å². The number of anilines is 1. The molecule has 0 N–H and O–H groups in total. The van der Waals surface area contributed by atoms with Gasteiger partial charge in [-0.05, 0) is 22.4 Å². The lowest BCUT2D eigenvalue weighted by molar-refractivity contribution is 0.123. The highest BCUT2D eigenvalue weighted by atomic mass is 32.1. The fraction of sp³-hybridized carbons (Fsp3) is 0.222. The van der Waals surface area contributed by atoms with Crippen molar-refractivity contribution in [1.82, 2.24) is 0 Å². The van der Waals surface area contributed by atoms with Crippen LogP contribution in [0.15, 0.2) is 47.2 Å². The second-order valence-corrected chi connectivity index (χ2v) is 7.00. The van der Waals surface area contributed by atoms with E-state index < -0.39 is 0 Å². The molecule has 0 aliphatic carbocycles. The summed E-state index contributed by atoms with van der Waals surface area (Å²) >= 11 is 3.58. The molecule has 1 fully saturated rings. The first-order valence-corrected chi connectivity index (χ1v) is 9.14. The van der Waals surface area contributed by atoms with E-state index in [1.54, 1.807) is 22.7 Å². The summed E-state index contributed by atoms with van der Waals surface area (Å²) in [5.41, 5.74) is 3.74. The Kier molecular flexibility index (Phi) is 3.97. The van der Waals surface area contributed by atoms with Gasteiger partial charge in [-0.2, -0.15) is 0 Å². The van der Waals surface area contributed by atoms with Gasteiger partial charge in [0, 0.05) is 24.7 Å². The number of thiophene rings is 2. The van der Waals surface area contributed by atoms with Crippen LogP contribution in [-0.2, 0) is 4.74 Å². The van der Waals surface area contributed by atoms with Crippen LogP contribution in [0.1, 0.15) is 0 Å². The normalized spacial score (nSPS) is 15.2. The standard InChI is InChI=1S/C18H16NOS2/c1-2-4-14(5-3-1)15-12-17(22-13-15)18-16(6-11-21-18)19-7-9-20-10-8-19/h1-6,11,13H,7-10H2. The summed E-state index contributed by atoms with van der Waals surface area (Å²) in [5, 5.41) is 4.38. The molecule has 4 rings (SSSR count). The molecule has 1 radical (unpaired) electrons. The number of rotatable bonds is 3. The fourth-order valence-electron chi connectivity index (χ4n) is 2.69. The van der Waals surface area contributed by atoms with E-state index in [0.29, 0.717) is 0 Å². The molecule has 2 nitrogen and oxygen atoms in total. The van der Waals surface area contributed by atoms with Gasteiger partial charge in [-0.25, -0.2) is 0 Å². The van der Waals surface area contributed by atoms with E-state index in [1.165, 1.54) is 26.6 Å². The molecule has 1 saturated heterocycles. The molecule has 2 aromatic heterocycles. The van der Waals surface area contributed by atoms with Crippen LogP contribution in [0.3, 0.4) is 0 Å². The van der Waals surface area contributed by atoms with Gasteiger partial charge in [0.1, 0.15) is 0 Å². The highest BCUT2D eigenvalue weighted by molar-refractivity contribution is 7.21. The van der Waals surface area contributed by atoms with Crippen LogP contribution in [-0.4, -0.2) is 26.3 Å². The third-order valence-corrected chi connectivity index (χ3v) is 5.78. The molecule has 3 aromatic rings. The highest BCUT2D eigenvalue weighted by Gasteiger charge is 2.18. The van der Waals surface area contributed by atoms with Gasteiger partial charge in [0.25, 0.3) is 0 Å². The third kappa shape index (κ3) is 2.70. The van der Waals surface area contributed by atoms with Gasteiger partial charge in [0.2, 0.25) is 0 Å². The van der Waals surface area contributed by atoms with E-state index in [0.717, 1.165) is 26.3 Å². The molecule has 0 bridgehead atoms. The first-order chi connectivity index (χ1) is 10.9. The molecule has 22 heavy (non-hydrogen) atoms. The Labute approximate surface area is 138 Å². The lowest BCUT2D eigenvalue weighted by Crippen LogP contribution is -2.36. The van der Waals surface area contributed by atoms with Crippen LogP contribution in [0.2, 0.25) is 0 Å². The lowest BCUT2D eigenvalue weighted by Gasteiger charge is -2.28. The van der Waals surface area contributed by atoms with Crippen molar-refractivity contribution in [2.45, 2.75) is 0 Å². The summed E-state index contributed by atoms with van der Waals surface area (Å²) < 4.78 is 5.46. The Morgan fingerprint density at radius 3 is 2.64 bits per heavy atom. The Morgan fingerprint density at radius 2 is 1.82 bits per heavy atom. The molecule has 0 unspecified atom stereocenters. The van der Waals surface area contributed by atoms with Gasteiger partial charge in [-0.15, -0.1) is 22.7 Å². The Bertz CT molecular complexity index is 741. The van der Waals surface area contributed by atoms with Crippen molar-refractivity contribution >= 4 is 28.4 Å². The largest absolute Gasteiger partial charge is 0.378 e. The summed E-state index contributed by atoms with van der Waals surface area (Å²) in [7, 11) is 0. The highest BCUT2D eigenvalue weighted by Crippen LogP contribution is 2.41. The van der Waals surface area contributed by atoms with Crippen LogP contribution < -0.4 is 4.90 Å². The van der Waals surface area contributed by atoms with Crippen molar-refractivity contribution < 1.29 is 4.74 Å². The first kappa shape index (κ1) is 14.0. The Balaban J connectivity index is 1.66. The minimum atomic E-state index is 0.818. The molecule has 0 amide bonds. The van der Waals surface area contributed by atoms with E-state index in [-0.39, 0.29) is 0 Å². The Hall–Kier alpha value is -1.62. The SMILES string of the molecule is [c]1c(-c2ccccc2)csc1-c1sccc1N1CCOCC1.